The molecule has 1 saturated heterocycles. The number of anilines is 1. The smallest absolute Gasteiger partial charge is 0.249 e. The van der Waals surface area contributed by atoms with Crippen LogP contribution >= 0.6 is 22.6 Å². The summed E-state index contributed by atoms with van der Waals surface area (Å²) in [6.07, 6.45) is 0.213. The summed E-state index contributed by atoms with van der Waals surface area (Å²) in [5.74, 6) is -0.471. The van der Waals surface area contributed by atoms with Crippen LogP contribution in [0.4, 0.5) is 5.69 Å². The minimum absolute atomic E-state index is 0.213. The third kappa shape index (κ3) is 2.47. The molecule has 5 heteroatoms. The number of hydrogen-bond donors (Lipinski definition) is 2. The SMILES string of the molecule is O=C1CC(Nc2ccc(I)cc2)C(=O)N1. The third-order valence-corrected chi connectivity index (χ3v) is 2.87. The molecule has 1 aromatic carbocycles. The Morgan fingerprint density at radius 3 is 2.47 bits per heavy atom. The van der Waals surface area contributed by atoms with Crippen LogP contribution in [0.15, 0.2) is 24.3 Å². The van der Waals surface area contributed by atoms with E-state index in [0.29, 0.717) is 0 Å². The summed E-state index contributed by atoms with van der Waals surface area (Å²) < 4.78 is 1.13. The van der Waals surface area contributed by atoms with Gasteiger partial charge >= 0.3 is 0 Å². The zero-order chi connectivity index (χ0) is 10.8. The summed E-state index contributed by atoms with van der Waals surface area (Å²) in [6, 6.07) is 7.22. The van der Waals surface area contributed by atoms with Gasteiger partial charge in [-0.25, -0.2) is 0 Å². The number of benzene rings is 1. The van der Waals surface area contributed by atoms with Gasteiger partial charge in [0.05, 0.1) is 6.42 Å². The fraction of sp³-hybridized carbons (Fsp3) is 0.200. The summed E-state index contributed by atoms with van der Waals surface area (Å²) >= 11 is 2.21. The van der Waals surface area contributed by atoms with Crippen LogP contribution in [0.25, 0.3) is 0 Å². The van der Waals surface area contributed by atoms with Crippen molar-refractivity contribution in [2.45, 2.75) is 12.5 Å². The van der Waals surface area contributed by atoms with Crippen LogP contribution in [-0.4, -0.2) is 17.9 Å². The van der Waals surface area contributed by atoms with Gasteiger partial charge < -0.3 is 5.32 Å². The second-order valence-electron chi connectivity index (χ2n) is 3.32. The second-order valence-corrected chi connectivity index (χ2v) is 4.57. The summed E-state index contributed by atoms with van der Waals surface area (Å²) in [4.78, 5) is 22.2. The maximum Gasteiger partial charge on any atom is 0.249 e. The number of halogens is 1. The molecule has 1 aliphatic rings. The maximum absolute atomic E-state index is 11.3. The van der Waals surface area contributed by atoms with E-state index in [4.69, 9.17) is 0 Å². The van der Waals surface area contributed by atoms with Crippen molar-refractivity contribution < 1.29 is 9.59 Å². The van der Waals surface area contributed by atoms with Crippen molar-refractivity contribution in [3.8, 4) is 0 Å². The molecule has 2 N–H and O–H groups in total. The number of nitrogens with one attached hydrogen (secondary N) is 2. The summed E-state index contributed by atoms with van der Waals surface area (Å²) in [6.45, 7) is 0. The molecule has 0 bridgehead atoms. The van der Waals surface area contributed by atoms with Crippen molar-refractivity contribution in [3.63, 3.8) is 0 Å². The molecule has 15 heavy (non-hydrogen) atoms. The molecule has 1 fully saturated rings. The van der Waals surface area contributed by atoms with E-state index in [9.17, 15) is 9.59 Å². The quantitative estimate of drug-likeness (QED) is 0.635. The summed E-state index contributed by atoms with van der Waals surface area (Å²) in [5, 5.41) is 5.27. The molecule has 0 saturated carbocycles. The summed E-state index contributed by atoms with van der Waals surface area (Å²) in [7, 11) is 0. The van der Waals surface area contributed by atoms with Crippen molar-refractivity contribution >= 4 is 40.1 Å². The zero-order valence-corrected chi connectivity index (χ0v) is 9.95. The molecule has 0 aliphatic carbocycles. The monoisotopic (exact) mass is 316 g/mol. The second kappa shape index (κ2) is 4.18. The van der Waals surface area contributed by atoms with Gasteiger partial charge in [0.15, 0.2) is 0 Å². The number of rotatable bonds is 2. The zero-order valence-electron chi connectivity index (χ0n) is 7.79. The lowest BCUT2D eigenvalue weighted by Gasteiger charge is -2.10. The Balaban J connectivity index is 2.06. The topological polar surface area (TPSA) is 58.2 Å². The lowest BCUT2D eigenvalue weighted by atomic mass is 10.2. The number of carbonyl (C=O) groups is 2. The van der Waals surface area contributed by atoms with Crippen LogP contribution in [0.1, 0.15) is 6.42 Å². The van der Waals surface area contributed by atoms with Gasteiger partial charge in [0.25, 0.3) is 0 Å². The van der Waals surface area contributed by atoms with Crippen LogP contribution in [0.2, 0.25) is 0 Å². The lowest BCUT2D eigenvalue weighted by molar-refractivity contribution is -0.124. The lowest BCUT2D eigenvalue weighted by Crippen LogP contribution is -2.29. The van der Waals surface area contributed by atoms with Gasteiger partial charge in [0.1, 0.15) is 6.04 Å². The molecule has 0 aromatic heterocycles. The Kier molecular flexibility index (Phi) is 2.90. The van der Waals surface area contributed by atoms with E-state index in [1.165, 1.54) is 0 Å². The minimum Gasteiger partial charge on any atom is -0.373 e. The van der Waals surface area contributed by atoms with Gasteiger partial charge in [-0.3, -0.25) is 14.9 Å². The minimum atomic E-state index is -0.433. The predicted molar refractivity (Wildman–Crippen MR) is 64.3 cm³/mol. The molecule has 1 aromatic rings. The summed E-state index contributed by atoms with van der Waals surface area (Å²) in [5.41, 5.74) is 0.852. The van der Waals surface area contributed by atoms with Crippen molar-refractivity contribution in [2.24, 2.45) is 0 Å². The average Bonchev–Trinajstić information content (AvgIpc) is 2.49. The van der Waals surface area contributed by atoms with Crippen LogP contribution in [0.3, 0.4) is 0 Å². The van der Waals surface area contributed by atoms with Gasteiger partial charge in [-0.05, 0) is 46.9 Å². The van der Waals surface area contributed by atoms with Crippen molar-refractivity contribution in [3.05, 3.63) is 27.8 Å². The molecule has 0 radical (unpaired) electrons. The Morgan fingerprint density at radius 2 is 1.93 bits per heavy atom. The van der Waals surface area contributed by atoms with E-state index in [2.05, 4.69) is 33.2 Å². The van der Waals surface area contributed by atoms with Crippen molar-refractivity contribution in [1.29, 1.82) is 0 Å². The first-order chi connectivity index (χ1) is 7.15. The van der Waals surface area contributed by atoms with Crippen LogP contribution in [0.5, 0.6) is 0 Å². The van der Waals surface area contributed by atoms with Gasteiger partial charge in [0.2, 0.25) is 11.8 Å². The van der Waals surface area contributed by atoms with Crippen molar-refractivity contribution in [1.82, 2.24) is 5.32 Å². The third-order valence-electron chi connectivity index (χ3n) is 2.15. The average molecular weight is 316 g/mol. The van der Waals surface area contributed by atoms with E-state index in [1.54, 1.807) is 0 Å². The first kappa shape index (κ1) is 10.4. The molecular formula is C10H9IN2O2. The predicted octanol–water partition coefficient (Wildman–Crippen LogP) is 1.12. The highest BCUT2D eigenvalue weighted by molar-refractivity contribution is 14.1. The molecule has 4 nitrogen and oxygen atoms in total. The van der Waals surface area contributed by atoms with Gasteiger partial charge in [-0.15, -0.1) is 0 Å². The largest absolute Gasteiger partial charge is 0.373 e. The van der Waals surface area contributed by atoms with E-state index in [-0.39, 0.29) is 18.2 Å². The first-order valence-corrected chi connectivity index (χ1v) is 5.59. The molecule has 2 rings (SSSR count). The molecule has 0 spiro atoms. The maximum atomic E-state index is 11.3. The molecule has 2 amide bonds. The number of hydrogen-bond acceptors (Lipinski definition) is 3. The molecule has 1 heterocycles. The van der Waals surface area contributed by atoms with Crippen LogP contribution in [0, 0.1) is 3.57 Å². The molecule has 78 valence electrons. The fourth-order valence-corrected chi connectivity index (χ4v) is 1.78. The van der Waals surface area contributed by atoms with Gasteiger partial charge in [-0.2, -0.15) is 0 Å². The Labute approximate surface area is 101 Å². The highest BCUT2D eigenvalue weighted by Gasteiger charge is 2.30. The Morgan fingerprint density at radius 1 is 1.27 bits per heavy atom. The highest BCUT2D eigenvalue weighted by Crippen LogP contribution is 2.14. The van der Waals surface area contributed by atoms with Gasteiger partial charge in [0, 0.05) is 9.26 Å². The Hall–Kier alpha value is -1.11. The molecular weight excluding hydrogens is 307 g/mol. The fourth-order valence-electron chi connectivity index (χ4n) is 1.42. The molecule has 1 aliphatic heterocycles. The highest BCUT2D eigenvalue weighted by atomic mass is 127. The van der Waals surface area contributed by atoms with Crippen LogP contribution < -0.4 is 10.6 Å². The number of amides is 2. The van der Waals surface area contributed by atoms with Gasteiger partial charge in [-0.1, -0.05) is 0 Å². The Bertz CT molecular complexity index is 402. The van der Waals surface area contributed by atoms with E-state index >= 15 is 0 Å². The van der Waals surface area contributed by atoms with E-state index < -0.39 is 6.04 Å². The van der Waals surface area contributed by atoms with Crippen LogP contribution in [-0.2, 0) is 9.59 Å². The first-order valence-electron chi connectivity index (χ1n) is 4.51. The van der Waals surface area contributed by atoms with E-state index in [0.717, 1.165) is 9.26 Å². The van der Waals surface area contributed by atoms with Crippen molar-refractivity contribution in [2.75, 3.05) is 5.32 Å². The normalized spacial score (nSPS) is 20.2. The standard InChI is InChI=1S/C10H9IN2O2/c11-6-1-3-7(4-2-6)12-8-5-9(14)13-10(8)15/h1-4,8,12H,5H2,(H,13,14,15). The van der Waals surface area contributed by atoms with E-state index in [1.807, 2.05) is 24.3 Å². The number of imide groups is 1. The molecule has 1 unspecified atom stereocenters. The molecule has 1 atom stereocenters. The number of carbonyl (C=O) groups excluding carboxylic acids is 2.